The van der Waals surface area contributed by atoms with Crippen molar-refractivity contribution in [2.75, 3.05) is 0 Å². The van der Waals surface area contributed by atoms with E-state index < -0.39 is 23.6 Å². The minimum Gasteiger partial charge on any atom is -0.267 e. The van der Waals surface area contributed by atoms with Crippen LogP contribution >= 0.6 is 0 Å². The molecule has 0 N–H and O–H groups in total. The molecule has 0 saturated carbocycles. The van der Waals surface area contributed by atoms with Gasteiger partial charge in [0.2, 0.25) is 0 Å². The summed E-state index contributed by atoms with van der Waals surface area (Å²) in [5, 5.41) is 0.644. The molecule has 76 valence electrons. The highest BCUT2D eigenvalue weighted by atomic mass is 16.9. The van der Waals surface area contributed by atoms with Crippen LogP contribution < -0.4 is 0 Å². The van der Waals surface area contributed by atoms with Crippen molar-refractivity contribution in [3.05, 3.63) is 24.3 Å². The molecule has 0 aromatic heterocycles. The SMILES string of the molecule is O=C1C=CC(=O)N1ON1C(=O)C=CC1=O. The number of hydroxylamine groups is 4. The van der Waals surface area contributed by atoms with Crippen molar-refractivity contribution >= 4 is 23.6 Å². The molecular formula is C8H4N2O5. The predicted octanol–water partition coefficient (Wildman–Crippen LogP) is -1.32. The van der Waals surface area contributed by atoms with Crippen molar-refractivity contribution in [1.82, 2.24) is 10.1 Å². The van der Waals surface area contributed by atoms with Crippen LogP contribution in [0, 0.1) is 0 Å². The summed E-state index contributed by atoms with van der Waals surface area (Å²) >= 11 is 0. The van der Waals surface area contributed by atoms with Gasteiger partial charge in [0, 0.05) is 24.3 Å². The molecule has 2 heterocycles. The normalized spacial score (nSPS) is 20.0. The van der Waals surface area contributed by atoms with Crippen LogP contribution in [0.2, 0.25) is 0 Å². The molecule has 7 nitrogen and oxygen atoms in total. The Morgan fingerprint density at radius 2 is 0.933 bits per heavy atom. The first-order chi connectivity index (χ1) is 7.09. The summed E-state index contributed by atoms with van der Waals surface area (Å²) in [4.78, 5) is 48.6. The number of nitrogens with zero attached hydrogens (tertiary/aromatic N) is 2. The van der Waals surface area contributed by atoms with Gasteiger partial charge in [-0.15, -0.1) is 15.1 Å². The fourth-order valence-electron chi connectivity index (χ4n) is 1.02. The Kier molecular flexibility index (Phi) is 1.94. The third-order valence-corrected chi connectivity index (χ3v) is 1.70. The van der Waals surface area contributed by atoms with Gasteiger partial charge in [-0.2, -0.15) is 0 Å². The third kappa shape index (κ3) is 1.44. The van der Waals surface area contributed by atoms with Gasteiger partial charge in [0.1, 0.15) is 0 Å². The number of amides is 4. The van der Waals surface area contributed by atoms with Crippen molar-refractivity contribution in [2.24, 2.45) is 0 Å². The van der Waals surface area contributed by atoms with Gasteiger partial charge in [-0.1, -0.05) is 0 Å². The molecule has 4 amide bonds. The highest BCUT2D eigenvalue weighted by molar-refractivity contribution is 6.13. The molecule has 0 aromatic rings. The van der Waals surface area contributed by atoms with E-state index in [-0.39, 0.29) is 0 Å². The average molecular weight is 208 g/mol. The summed E-state index contributed by atoms with van der Waals surface area (Å²) in [6.45, 7) is 0. The fraction of sp³-hybridized carbons (Fsp3) is 0. The number of carbonyl (C=O) groups excluding carboxylic acids is 4. The molecule has 0 spiro atoms. The Morgan fingerprint density at radius 1 is 0.667 bits per heavy atom. The van der Waals surface area contributed by atoms with Gasteiger partial charge in [0.25, 0.3) is 23.6 Å². The molecule has 0 fully saturated rings. The second-order valence-corrected chi connectivity index (χ2v) is 2.69. The van der Waals surface area contributed by atoms with Gasteiger partial charge in [-0.25, -0.2) is 0 Å². The van der Waals surface area contributed by atoms with Crippen LogP contribution in [0.4, 0.5) is 0 Å². The zero-order chi connectivity index (χ0) is 11.0. The molecule has 0 aromatic carbocycles. The first kappa shape index (κ1) is 9.28. The van der Waals surface area contributed by atoms with E-state index >= 15 is 0 Å². The first-order valence-electron chi connectivity index (χ1n) is 3.90. The number of rotatable bonds is 2. The number of imide groups is 2. The van der Waals surface area contributed by atoms with E-state index in [1.807, 2.05) is 0 Å². The maximum Gasteiger partial charge on any atom is 0.279 e. The minimum atomic E-state index is -0.743. The standard InChI is InChI=1S/C8H4N2O5/c11-5-1-2-6(12)9(5)15-10-7(13)3-4-8(10)14/h1-4H. The summed E-state index contributed by atoms with van der Waals surface area (Å²) in [5.41, 5.74) is 0. The van der Waals surface area contributed by atoms with Gasteiger partial charge in [0.05, 0.1) is 0 Å². The minimum absolute atomic E-state index is 0.322. The van der Waals surface area contributed by atoms with Crippen LogP contribution in [-0.2, 0) is 24.1 Å². The molecule has 0 unspecified atom stereocenters. The molecule has 15 heavy (non-hydrogen) atoms. The van der Waals surface area contributed by atoms with Crippen LogP contribution in [0.1, 0.15) is 0 Å². The van der Waals surface area contributed by atoms with Crippen LogP contribution in [0.5, 0.6) is 0 Å². The Balaban J connectivity index is 2.10. The maximum atomic E-state index is 11.0. The summed E-state index contributed by atoms with van der Waals surface area (Å²) < 4.78 is 0. The van der Waals surface area contributed by atoms with Crippen molar-refractivity contribution in [3.63, 3.8) is 0 Å². The molecule has 2 aliphatic rings. The molecule has 0 atom stereocenters. The van der Waals surface area contributed by atoms with Crippen LogP contribution in [0.25, 0.3) is 0 Å². The van der Waals surface area contributed by atoms with E-state index in [1.54, 1.807) is 0 Å². The highest BCUT2D eigenvalue weighted by Crippen LogP contribution is 2.11. The zero-order valence-electron chi connectivity index (χ0n) is 7.25. The smallest absolute Gasteiger partial charge is 0.267 e. The van der Waals surface area contributed by atoms with Crippen LogP contribution in [-0.4, -0.2) is 33.8 Å². The predicted molar refractivity (Wildman–Crippen MR) is 43.1 cm³/mol. The van der Waals surface area contributed by atoms with Crippen molar-refractivity contribution in [3.8, 4) is 0 Å². The summed E-state index contributed by atoms with van der Waals surface area (Å²) in [7, 11) is 0. The van der Waals surface area contributed by atoms with Crippen molar-refractivity contribution < 1.29 is 24.1 Å². The fourth-order valence-corrected chi connectivity index (χ4v) is 1.02. The summed E-state index contributed by atoms with van der Waals surface area (Å²) in [6.07, 6.45) is 3.89. The van der Waals surface area contributed by atoms with Gasteiger partial charge in [0.15, 0.2) is 0 Å². The van der Waals surface area contributed by atoms with Gasteiger partial charge in [-0.05, 0) is 0 Å². The summed E-state index contributed by atoms with van der Waals surface area (Å²) in [6, 6.07) is 0. The number of hydrogen-bond donors (Lipinski definition) is 0. The maximum absolute atomic E-state index is 11.0. The number of hydrogen-bond acceptors (Lipinski definition) is 5. The van der Waals surface area contributed by atoms with Crippen molar-refractivity contribution in [1.29, 1.82) is 0 Å². The van der Waals surface area contributed by atoms with Crippen molar-refractivity contribution in [2.45, 2.75) is 0 Å². The van der Waals surface area contributed by atoms with Gasteiger partial charge in [-0.3, -0.25) is 19.2 Å². The Labute approximate surface area is 83.1 Å². The van der Waals surface area contributed by atoms with E-state index in [1.165, 1.54) is 0 Å². The van der Waals surface area contributed by atoms with E-state index in [2.05, 4.69) is 4.94 Å². The molecule has 2 rings (SSSR count). The lowest BCUT2D eigenvalue weighted by Gasteiger charge is -2.18. The quantitative estimate of drug-likeness (QED) is 0.525. The molecule has 0 saturated heterocycles. The van der Waals surface area contributed by atoms with Gasteiger partial charge >= 0.3 is 0 Å². The highest BCUT2D eigenvalue weighted by Gasteiger charge is 2.33. The van der Waals surface area contributed by atoms with Crippen LogP contribution in [0.3, 0.4) is 0 Å². The lowest BCUT2D eigenvalue weighted by atomic mass is 10.6. The van der Waals surface area contributed by atoms with E-state index in [9.17, 15) is 19.2 Å². The van der Waals surface area contributed by atoms with E-state index in [4.69, 9.17) is 0 Å². The Morgan fingerprint density at radius 3 is 1.20 bits per heavy atom. The molecule has 0 bridgehead atoms. The third-order valence-electron chi connectivity index (χ3n) is 1.70. The molecule has 2 aliphatic heterocycles. The second kappa shape index (κ2) is 3.14. The molecule has 7 heteroatoms. The zero-order valence-corrected chi connectivity index (χ0v) is 7.25. The van der Waals surface area contributed by atoms with E-state index in [0.717, 1.165) is 24.3 Å². The van der Waals surface area contributed by atoms with Gasteiger partial charge < -0.3 is 0 Å². The molecule has 0 radical (unpaired) electrons. The Bertz CT molecular complexity index is 360. The second-order valence-electron chi connectivity index (χ2n) is 2.69. The lowest BCUT2D eigenvalue weighted by Crippen LogP contribution is -2.41. The lowest BCUT2D eigenvalue weighted by molar-refractivity contribution is -0.266. The monoisotopic (exact) mass is 208 g/mol. The topological polar surface area (TPSA) is 84.0 Å². The summed E-state index contributed by atoms with van der Waals surface area (Å²) in [5.74, 6) is -2.97. The van der Waals surface area contributed by atoms with Crippen LogP contribution in [0.15, 0.2) is 24.3 Å². The Hall–Kier alpha value is -2.28. The molecular weight excluding hydrogens is 204 g/mol. The first-order valence-corrected chi connectivity index (χ1v) is 3.90. The molecule has 0 aliphatic carbocycles. The largest absolute Gasteiger partial charge is 0.279 e. The van der Waals surface area contributed by atoms with E-state index in [0.29, 0.717) is 10.1 Å². The average Bonchev–Trinajstić information content (AvgIpc) is 2.67. The number of carbonyl (C=O) groups is 4.